The van der Waals surface area contributed by atoms with E-state index in [9.17, 15) is 5.11 Å². The van der Waals surface area contributed by atoms with Crippen LogP contribution < -0.4 is 0 Å². The average molecular weight is 244 g/mol. The molecule has 0 spiro atoms. The molecule has 1 aliphatic rings. The number of aliphatic hydroxyl groups excluding tert-OH is 1. The van der Waals surface area contributed by atoms with Gasteiger partial charge in [-0.1, -0.05) is 25.1 Å². The number of rotatable bonds is 4. The first-order valence-electron chi connectivity index (χ1n) is 6.83. The Morgan fingerprint density at radius 3 is 2.83 bits per heavy atom. The van der Waals surface area contributed by atoms with Gasteiger partial charge in [0.05, 0.1) is 17.3 Å². The minimum absolute atomic E-state index is 0.233. The summed E-state index contributed by atoms with van der Waals surface area (Å²) in [6, 6.07) is 8.29. The van der Waals surface area contributed by atoms with Crippen LogP contribution in [-0.4, -0.2) is 21.0 Å². The van der Waals surface area contributed by atoms with Crippen LogP contribution in [0.25, 0.3) is 10.9 Å². The molecule has 18 heavy (non-hydrogen) atoms. The molecule has 3 rings (SSSR count). The number of hydrogen-bond donors (Lipinski definition) is 1. The summed E-state index contributed by atoms with van der Waals surface area (Å²) in [6.45, 7) is 5.18. The molecule has 96 valence electrons. The monoisotopic (exact) mass is 244 g/mol. The van der Waals surface area contributed by atoms with Crippen LogP contribution in [0.2, 0.25) is 0 Å². The van der Waals surface area contributed by atoms with Crippen LogP contribution in [-0.2, 0) is 13.0 Å². The predicted octanol–water partition coefficient (Wildman–Crippen LogP) is 2.62. The van der Waals surface area contributed by atoms with E-state index in [0.717, 1.165) is 18.7 Å². The second-order valence-electron chi connectivity index (χ2n) is 5.43. The fourth-order valence-electron chi connectivity index (χ4n) is 2.82. The lowest BCUT2D eigenvalue weighted by atomic mass is 10.1. The fourth-order valence-corrected chi connectivity index (χ4v) is 2.82. The van der Waals surface area contributed by atoms with Gasteiger partial charge in [0.2, 0.25) is 0 Å². The van der Waals surface area contributed by atoms with Gasteiger partial charge in [0.25, 0.3) is 0 Å². The van der Waals surface area contributed by atoms with Gasteiger partial charge in [0.1, 0.15) is 0 Å². The third kappa shape index (κ3) is 1.93. The highest BCUT2D eigenvalue weighted by Crippen LogP contribution is 2.41. The molecular weight excluding hydrogens is 224 g/mol. The molecule has 3 nitrogen and oxygen atoms in total. The molecule has 0 bridgehead atoms. The number of aromatic nitrogens is 2. The van der Waals surface area contributed by atoms with Gasteiger partial charge in [-0.25, -0.2) is 0 Å². The number of aliphatic hydroxyl groups is 1. The van der Waals surface area contributed by atoms with Gasteiger partial charge in [0.15, 0.2) is 0 Å². The first-order valence-corrected chi connectivity index (χ1v) is 6.83. The first kappa shape index (κ1) is 11.7. The highest BCUT2D eigenvalue weighted by atomic mass is 16.3. The van der Waals surface area contributed by atoms with Gasteiger partial charge < -0.3 is 5.11 Å². The zero-order valence-electron chi connectivity index (χ0n) is 11.0. The van der Waals surface area contributed by atoms with Gasteiger partial charge in [-0.2, -0.15) is 5.10 Å². The lowest BCUT2D eigenvalue weighted by Crippen LogP contribution is -2.14. The average Bonchev–Trinajstić information content (AvgIpc) is 3.01. The fraction of sp³-hybridized carbons (Fsp3) is 0.533. The summed E-state index contributed by atoms with van der Waals surface area (Å²) in [5, 5.41) is 16.0. The van der Waals surface area contributed by atoms with E-state index in [4.69, 9.17) is 0 Å². The van der Waals surface area contributed by atoms with Gasteiger partial charge in [0, 0.05) is 18.4 Å². The molecule has 3 unspecified atom stereocenters. The number of benzene rings is 1. The molecule has 1 aromatic heterocycles. The van der Waals surface area contributed by atoms with E-state index < -0.39 is 0 Å². The smallest absolute Gasteiger partial charge is 0.0729 e. The summed E-state index contributed by atoms with van der Waals surface area (Å²) in [6.07, 6.45) is 1.61. The van der Waals surface area contributed by atoms with Crippen molar-refractivity contribution in [3.05, 3.63) is 30.0 Å². The molecule has 0 amide bonds. The second-order valence-corrected chi connectivity index (χ2v) is 5.43. The maximum atomic E-state index is 10.2. The van der Waals surface area contributed by atoms with Crippen molar-refractivity contribution in [2.24, 2.45) is 11.8 Å². The van der Waals surface area contributed by atoms with Crippen LogP contribution in [0.3, 0.4) is 0 Å². The molecular formula is C15H20N2O. The van der Waals surface area contributed by atoms with E-state index in [2.05, 4.69) is 31.1 Å². The molecule has 2 aromatic rings. The Morgan fingerprint density at radius 2 is 2.17 bits per heavy atom. The summed E-state index contributed by atoms with van der Waals surface area (Å²) in [5.41, 5.74) is 2.21. The van der Waals surface area contributed by atoms with Gasteiger partial charge in [-0.15, -0.1) is 0 Å². The lowest BCUT2D eigenvalue weighted by Gasteiger charge is -2.07. The van der Waals surface area contributed by atoms with E-state index in [1.54, 1.807) is 0 Å². The normalized spacial score (nSPS) is 24.4. The molecule has 3 heteroatoms. The molecule has 1 aliphatic carbocycles. The van der Waals surface area contributed by atoms with E-state index in [-0.39, 0.29) is 6.10 Å². The van der Waals surface area contributed by atoms with Crippen molar-refractivity contribution in [2.45, 2.75) is 39.3 Å². The zero-order valence-corrected chi connectivity index (χ0v) is 11.0. The van der Waals surface area contributed by atoms with Crippen molar-refractivity contribution >= 4 is 10.9 Å². The molecule has 0 aliphatic heterocycles. The Morgan fingerprint density at radius 1 is 1.44 bits per heavy atom. The number of para-hydroxylation sites is 1. The topological polar surface area (TPSA) is 38.0 Å². The van der Waals surface area contributed by atoms with Crippen LogP contribution in [0.4, 0.5) is 0 Å². The Bertz CT molecular complexity index is 561. The molecule has 0 saturated heterocycles. The summed E-state index contributed by atoms with van der Waals surface area (Å²) < 4.78 is 2.02. The molecule has 1 fully saturated rings. The molecule has 1 N–H and O–H groups in total. The largest absolute Gasteiger partial charge is 0.392 e. The number of fused-ring (bicyclic) bond motifs is 1. The second kappa shape index (κ2) is 4.39. The summed E-state index contributed by atoms with van der Waals surface area (Å²) in [4.78, 5) is 0. The number of aryl methyl sites for hydroxylation is 1. The van der Waals surface area contributed by atoms with Crippen LogP contribution in [0.5, 0.6) is 0 Å². The first-order chi connectivity index (χ1) is 8.70. The van der Waals surface area contributed by atoms with E-state index >= 15 is 0 Å². The third-order valence-corrected chi connectivity index (χ3v) is 4.10. The van der Waals surface area contributed by atoms with Crippen molar-refractivity contribution < 1.29 is 5.11 Å². The Balaban J connectivity index is 1.91. The zero-order chi connectivity index (χ0) is 12.7. The lowest BCUT2D eigenvalue weighted by molar-refractivity contribution is 0.145. The van der Waals surface area contributed by atoms with Crippen LogP contribution in [0, 0.1) is 11.8 Å². The third-order valence-electron chi connectivity index (χ3n) is 4.10. The minimum Gasteiger partial charge on any atom is -0.392 e. The SMILES string of the molecule is CCn1nc(CC(O)C2CC2C)c2ccccc21. The van der Waals surface area contributed by atoms with E-state index in [0.29, 0.717) is 18.3 Å². The molecule has 1 heterocycles. The van der Waals surface area contributed by atoms with Crippen molar-refractivity contribution in [1.82, 2.24) is 9.78 Å². The van der Waals surface area contributed by atoms with Gasteiger partial charge >= 0.3 is 0 Å². The van der Waals surface area contributed by atoms with Crippen molar-refractivity contribution in [2.75, 3.05) is 0 Å². The summed E-state index contributed by atoms with van der Waals surface area (Å²) in [5.74, 6) is 1.16. The number of hydrogen-bond acceptors (Lipinski definition) is 2. The highest BCUT2D eigenvalue weighted by Gasteiger charge is 2.38. The molecule has 3 atom stereocenters. The molecule has 1 aromatic carbocycles. The Labute approximate surface area is 107 Å². The van der Waals surface area contributed by atoms with Crippen LogP contribution in [0.15, 0.2) is 24.3 Å². The van der Waals surface area contributed by atoms with E-state index in [1.165, 1.54) is 10.9 Å². The van der Waals surface area contributed by atoms with Crippen molar-refractivity contribution in [3.63, 3.8) is 0 Å². The van der Waals surface area contributed by atoms with Crippen LogP contribution in [0.1, 0.15) is 26.0 Å². The van der Waals surface area contributed by atoms with Crippen LogP contribution >= 0.6 is 0 Å². The molecule has 0 radical (unpaired) electrons. The van der Waals surface area contributed by atoms with Crippen molar-refractivity contribution in [3.8, 4) is 0 Å². The Kier molecular flexibility index (Phi) is 2.86. The summed E-state index contributed by atoms with van der Waals surface area (Å²) in [7, 11) is 0. The van der Waals surface area contributed by atoms with Gasteiger partial charge in [-0.3, -0.25) is 4.68 Å². The Hall–Kier alpha value is -1.35. The number of nitrogens with zero attached hydrogens (tertiary/aromatic N) is 2. The van der Waals surface area contributed by atoms with Gasteiger partial charge in [-0.05, 0) is 31.2 Å². The maximum Gasteiger partial charge on any atom is 0.0729 e. The minimum atomic E-state index is -0.233. The predicted molar refractivity (Wildman–Crippen MR) is 72.4 cm³/mol. The summed E-state index contributed by atoms with van der Waals surface area (Å²) >= 11 is 0. The molecule has 1 saturated carbocycles. The standard InChI is InChI=1S/C15H20N2O/c1-3-17-14-7-5-4-6-11(14)13(16-17)9-15(18)12-8-10(12)2/h4-7,10,12,15,18H,3,8-9H2,1-2H3. The quantitative estimate of drug-likeness (QED) is 0.897. The van der Waals surface area contributed by atoms with Crippen molar-refractivity contribution in [1.29, 1.82) is 0 Å². The highest BCUT2D eigenvalue weighted by molar-refractivity contribution is 5.82. The van der Waals surface area contributed by atoms with E-state index in [1.807, 2.05) is 16.8 Å². The maximum absolute atomic E-state index is 10.2.